The first-order valence-corrected chi connectivity index (χ1v) is 9.66. The third-order valence-corrected chi connectivity index (χ3v) is 4.91. The van der Waals surface area contributed by atoms with Crippen molar-refractivity contribution in [2.24, 2.45) is 5.92 Å². The fourth-order valence-corrected chi connectivity index (χ4v) is 3.39. The van der Waals surface area contributed by atoms with Gasteiger partial charge < -0.3 is 5.73 Å². The van der Waals surface area contributed by atoms with Crippen molar-refractivity contribution >= 4 is 5.69 Å². The molecule has 1 fully saturated rings. The van der Waals surface area contributed by atoms with E-state index in [1.54, 1.807) is 0 Å². The predicted octanol–water partition coefficient (Wildman–Crippen LogP) is 7.10. The Morgan fingerprint density at radius 1 is 1.00 bits per heavy atom. The van der Waals surface area contributed by atoms with Crippen molar-refractivity contribution in [2.75, 3.05) is 5.73 Å². The summed E-state index contributed by atoms with van der Waals surface area (Å²) in [5.41, 5.74) is 9.59. The zero-order valence-corrected chi connectivity index (χ0v) is 15.8. The summed E-state index contributed by atoms with van der Waals surface area (Å²) >= 11 is 0. The van der Waals surface area contributed by atoms with Crippen LogP contribution in [0.4, 0.5) is 5.69 Å². The van der Waals surface area contributed by atoms with E-state index in [1.165, 1.54) is 62.5 Å². The summed E-state index contributed by atoms with van der Waals surface area (Å²) < 4.78 is 0. The van der Waals surface area contributed by atoms with Crippen LogP contribution in [0.15, 0.2) is 35.9 Å². The molecule has 1 nitrogen and oxygen atoms in total. The van der Waals surface area contributed by atoms with Crippen LogP contribution in [-0.2, 0) is 0 Å². The minimum atomic E-state index is 0.683. The summed E-state index contributed by atoms with van der Waals surface area (Å²) in [5.74, 6) is 1.72. The monoisotopic (exact) mass is 315 g/mol. The highest BCUT2D eigenvalue weighted by atomic mass is 14.5. The molecule has 2 aliphatic rings. The van der Waals surface area contributed by atoms with Crippen molar-refractivity contribution in [3.05, 3.63) is 41.5 Å². The minimum Gasteiger partial charge on any atom is -0.399 e. The second-order valence-electron chi connectivity index (χ2n) is 6.94. The van der Waals surface area contributed by atoms with E-state index in [9.17, 15) is 0 Å². The minimum absolute atomic E-state index is 0.683. The Bertz CT molecular complexity index is 455. The molecule has 0 heterocycles. The summed E-state index contributed by atoms with van der Waals surface area (Å²) in [7, 11) is 0. The van der Waals surface area contributed by atoms with Crippen LogP contribution in [0.2, 0.25) is 0 Å². The van der Waals surface area contributed by atoms with Gasteiger partial charge in [-0.25, -0.2) is 0 Å². The first-order chi connectivity index (χ1) is 11.1. The average Bonchev–Trinajstić information content (AvgIpc) is 2.59. The summed E-state index contributed by atoms with van der Waals surface area (Å²) in [6.45, 7) is 8.58. The lowest BCUT2D eigenvalue weighted by molar-refractivity contribution is 0.385. The molecule has 1 atom stereocenters. The molecule has 2 N–H and O–H groups in total. The van der Waals surface area contributed by atoms with Gasteiger partial charge in [-0.1, -0.05) is 76.7 Å². The number of allylic oxidation sites excluding steroid dienone is 2. The lowest BCUT2D eigenvalue weighted by Gasteiger charge is -2.20. The Morgan fingerprint density at radius 2 is 1.70 bits per heavy atom. The van der Waals surface area contributed by atoms with Crippen molar-refractivity contribution in [3.8, 4) is 0 Å². The zero-order valence-electron chi connectivity index (χ0n) is 15.8. The van der Waals surface area contributed by atoms with Gasteiger partial charge in [0.25, 0.3) is 0 Å². The number of benzene rings is 1. The van der Waals surface area contributed by atoms with Crippen LogP contribution in [0.5, 0.6) is 0 Å². The molecule has 130 valence electrons. The topological polar surface area (TPSA) is 26.0 Å². The van der Waals surface area contributed by atoms with Crippen LogP contribution >= 0.6 is 0 Å². The van der Waals surface area contributed by atoms with Gasteiger partial charge in [0.15, 0.2) is 0 Å². The maximum Gasteiger partial charge on any atom is 0.0316 e. The Labute approximate surface area is 144 Å². The highest BCUT2D eigenvalue weighted by molar-refractivity contribution is 5.42. The highest BCUT2D eigenvalue weighted by Gasteiger charge is 2.14. The van der Waals surface area contributed by atoms with Gasteiger partial charge in [0.05, 0.1) is 0 Å². The smallest absolute Gasteiger partial charge is 0.0316 e. The summed E-state index contributed by atoms with van der Waals surface area (Å²) in [6, 6.07) is 8.30. The second kappa shape index (κ2) is 11.3. The van der Waals surface area contributed by atoms with Crippen LogP contribution in [0.3, 0.4) is 0 Å². The lowest BCUT2D eigenvalue weighted by Crippen LogP contribution is -2.03. The maximum absolute atomic E-state index is 5.78. The number of nitrogens with two attached hydrogens (primary N) is 1. The third-order valence-electron chi connectivity index (χ3n) is 4.91. The second-order valence-corrected chi connectivity index (χ2v) is 6.94. The quantitative estimate of drug-likeness (QED) is 0.434. The molecular formula is C22H37N. The van der Waals surface area contributed by atoms with Crippen LogP contribution in [0.1, 0.15) is 90.5 Å². The Morgan fingerprint density at radius 3 is 2.17 bits per heavy atom. The molecule has 0 spiro atoms. The number of hydrogen-bond acceptors (Lipinski definition) is 1. The fourth-order valence-electron chi connectivity index (χ4n) is 3.39. The van der Waals surface area contributed by atoms with Crippen molar-refractivity contribution in [3.63, 3.8) is 0 Å². The average molecular weight is 316 g/mol. The normalized spacial score (nSPS) is 21.2. The number of anilines is 1. The van der Waals surface area contributed by atoms with Crippen LogP contribution < -0.4 is 5.73 Å². The SMILES string of the molecule is CC.CC1=CCC(c2cccc(N)c2)CC1.CC1CCCCC1. The highest BCUT2D eigenvalue weighted by Crippen LogP contribution is 2.32. The molecule has 3 rings (SSSR count). The van der Waals surface area contributed by atoms with Crippen molar-refractivity contribution < 1.29 is 0 Å². The van der Waals surface area contributed by atoms with Gasteiger partial charge in [-0.2, -0.15) is 0 Å². The summed E-state index contributed by atoms with van der Waals surface area (Å²) in [6.07, 6.45) is 13.5. The molecule has 0 bridgehead atoms. The lowest BCUT2D eigenvalue weighted by atomic mass is 9.85. The summed E-state index contributed by atoms with van der Waals surface area (Å²) in [4.78, 5) is 0. The van der Waals surface area contributed by atoms with E-state index in [0.29, 0.717) is 5.92 Å². The van der Waals surface area contributed by atoms with E-state index in [-0.39, 0.29) is 0 Å². The van der Waals surface area contributed by atoms with Crippen molar-refractivity contribution in [1.82, 2.24) is 0 Å². The molecule has 0 aliphatic heterocycles. The maximum atomic E-state index is 5.78. The molecule has 0 radical (unpaired) electrons. The van der Waals surface area contributed by atoms with Gasteiger partial charge in [-0.15, -0.1) is 0 Å². The van der Waals surface area contributed by atoms with Gasteiger partial charge in [-0.3, -0.25) is 0 Å². The van der Waals surface area contributed by atoms with E-state index in [2.05, 4.69) is 38.1 Å². The first-order valence-electron chi connectivity index (χ1n) is 9.66. The van der Waals surface area contributed by atoms with E-state index >= 15 is 0 Å². The third kappa shape index (κ3) is 7.72. The zero-order chi connectivity index (χ0) is 17.1. The molecule has 0 amide bonds. The van der Waals surface area contributed by atoms with Gasteiger partial charge >= 0.3 is 0 Å². The van der Waals surface area contributed by atoms with E-state index < -0.39 is 0 Å². The van der Waals surface area contributed by atoms with E-state index in [4.69, 9.17) is 5.73 Å². The molecule has 2 aliphatic carbocycles. The van der Waals surface area contributed by atoms with Gasteiger partial charge in [0.2, 0.25) is 0 Å². The fraction of sp³-hybridized carbons (Fsp3) is 0.636. The Kier molecular flexibility index (Phi) is 9.75. The molecule has 23 heavy (non-hydrogen) atoms. The van der Waals surface area contributed by atoms with Gasteiger partial charge in [0.1, 0.15) is 0 Å². The standard InChI is InChI=1S/C13H17N.C7H14.C2H6/c1-10-5-7-11(8-6-10)12-3-2-4-13(14)9-12;1-7-5-3-2-4-6-7;1-2/h2-5,9,11H,6-8,14H2,1H3;7H,2-6H2,1H3;1-2H3. The van der Waals surface area contributed by atoms with Crippen molar-refractivity contribution in [1.29, 1.82) is 0 Å². The van der Waals surface area contributed by atoms with Crippen LogP contribution in [0, 0.1) is 5.92 Å². The summed E-state index contributed by atoms with van der Waals surface area (Å²) in [5, 5.41) is 0. The van der Waals surface area contributed by atoms with Gasteiger partial charge in [0, 0.05) is 5.69 Å². The van der Waals surface area contributed by atoms with Crippen LogP contribution in [0.25, 0.3) is 0 Å². The molecular weight excluding hydrogens is 278 g/mol. The predicted molar refractivity (Wildman–Crippen MR) is 105 cm³/mol. The molecule has 0 saturated heterocycles. The number of hydrogen-bond donors (Lipinski definition) is 1. The largest absolute Gasteiger partial charge is 0.399 e. The molecule has 1 aromatic carbocycles. The molecule has 1 saturated carbocycles. The number of nitrogen functional groups attached to an aromatic ring is 1. The van der Waals surface area contributed by atoms with E-state index in [0.717, 1.165) is 11.6 Å². The molecule has 1 heteroatoms. The Balaban J connectivity index is 0.000000247. The first kappa shape index (κ1) is 19.8. The number of rotatable bonds is 1. The van der Waals surface area contributed by atoms with Gasteiger partial charge in [-0.05, 0) is 55.7 Å². The molecule has 1 aromatic rings. The molecule has 1 unspecified atom stereocenters. The Hall–Kier alpha value is -1.24. The van der Waals surface area contributed by atoms with E-state index in [1.807, 2.05) is 19.9 Å². The van der Waals surface area contributed by atoms with Crippen LogP contribution in [-0.4, -0.2) is 0 Å². The van der Waals surface area contributed by atoms with Crippen molar-refractivity contribution in [2.45, 2.75) is 85.0 Å². The molecule has 0 aromatic heterocycles.